The number of nitrogens with two attached hydrogens (primary N) is 1. The summed E-state index contributed by atoms with van der Waals surface area (Å²) < 4.78 is 19.9. The first-order valence-electron chi connectivity index (χ1n) is 2.13. The molecule has 8 heavy (non-hydrogen) atoms. The number of thiol groups is 1. The van der Waals surface area contributed by atoms with E-state index in [0.29, 0.717) is 12.3 Å². The molecule has 0 aromatic heterocycles. The molecule has 2 N–H and O–H groups in total. The molecule has 0 rings (SSSR count). The Morgan fingerprint density at radius 3 is 2.25 bits per heavy atom. The first-order chi connectivity index (χ1) is 3.68. The molecular formula is C3H8ClNO2S. The zero-order valence-electron chi connectivity index (χ0n) is 4.21. The van der Waals surface area contributed by atoms with E-state index in [2.05, 4.69) is 0 Å². The minimum atomic E-state index is -2.47. The van der Waals surface area contributed by atoms with E-state index < -0.39 is 16.1 Å². The van der Waals surface area contributed by atoms with Gasteiger partial charge in [-0.1, -0.05) is 0 Å². The van der Waals surface area contributed by atoms with Gasteiger partial charge in [-0.2, -0.15) is 0 Å². The standard InChI is InChI=1S/C3H8ClNO2S/c4-2-1-3(5)8(6)7/h3,8H,1-2,5H2. The van der Waals surface area contributed by atoms with Crippen molar-refractivity contribution < 1.29 is 8.42 Å². The smallest absolute Gasteiger partial charge is 0.155 e. The quantitative estimate of drug-likeness (QED) is 0.430. The van der Waals surface area contributed by atoms with Crippen LogP contribution in [0.5, 0.6) is 0 Å². The first kappa shape index (κ1) is 8.20. The summed E-state index contributed by atoms with van der Waals surface area (Å²) in [6, 6.07) is 0. The number of rotatable bonds is 3. The average Bonchev–Trinajstić information content (AvgIpc) is 1.67. The molecule has 5 heteroatoms. The van der Waals surface area contributed by atoms with Crippen LogP contribution in [0, 0.1) is 0 Å². The van der Waals surface area contributed by atoms with E-state index in [0.717, 1.165) is 0 Å². The third kappa shape index (κ3) is 3.23. The van der Waals surface area contributed by atoms with Crippen LogP contribution in [0.15, 0.2) is 0 Å². The molecule has 1 atom stereocenters. The van der Waals surface area contributed by atoms with Gasteiger partial charge in [0.1, 0.15) is 5.37 Å². The molecule has 3 nitrogen and oxygen atoms in total. The Balaban J connectivity index is 3.48. The lowest BCUT2D eigenvalue weighted by Crippen LogP contribution is -2.21. The Morgan fingerprint density at radius 1 is 1.62 bits per heavy atom. The second-order valence-electron chi connectivity index (χ2n) is 1.33. The summed E-state index contributed by atoms with van der Waals surface area (Å²) >= 11 is 5.19. The molecule has 50 valence electrons. The SMILES string of the molecule is NC(CCCl)[SH](=O)=O. The van der Waals surface area contributed by atoms with Gasteiger partial charge in [0.15, 0.2) is 10.7 Å². The minimum absolute atomic E-state index is 0.296. The van der Waals surface area contributed by atoms with Gasteiger partial charge in [0, 0.05) is 5.88 Å². The van der Waals surface area contributed by atoms with Gasteiger partial charge in [0.05, 0.1) is 0 Å². The van der Waals surface area contributed by atoms with Gasteiger partial charge in [0.25, 0.3) is 0 Å². The second kappa shape index (κ2) is 4.12. The molecule has 0 aromatic carbocycles. The van der Waals surface area contributed by atoms with Crippen LogP contribution in [0.2, 0.25) is 0 Å². The summed E-state index contributed by atoms with van der Waals surface area (Å²) in [6.45, 7) is 0. The molecule has 0 aliphatic heterocycles. The molecule has 0 aliphatic rings. The fourth-order valence-electron chi connectivity index (χ4n) is 0.217. The maximum absolute atomic E-state index is 9.94. The third-order valence-corrected chi connectivity index (χ3v) is 1.69. The molecular weight excluding hydrogens is 150 g/mol. The van der Waals surface area contributed by atoms with E-state index in [1.807, 2.05) is 0 Å². The van der Waals surface area contributed by atoms with E-state index in [1.165, 1.54) is 0 Å². The van der Waals surface area contributed by atoms with Crippen molar-refractivity contribution in [3.05, 3.63) is 0 Å². The molecule has 0 heterocycles. The summed E-state index contributed by atoms with van der Waals surface area (Å²) in [5, 5.41) is -0.762. The van der Waals surface area contributed by atoms with Crippen LogP contribution in [0.3, 0.4) is 0 Å². The molecule has 1 unspecified atom stereocenters. The van der Waals surface area contributed by atoms with Crippen LogP contribution in [-0.4, -0.2) is 19.7 Å². The van der Waals surface area contributed by atoms with Crippen molar-refractivity contribution >= 4 is 22.3 Å². The maximum atomic E-state index is 9.94. The largest absolute Gasteiger partial charge is 0.315 e. The highest BCUT2D eigenvalue weighted by atomic mass is 35.5. The predicted molar refractivity (Wildman–Crippen MR) is 33.6 cm³/mol. The Bertz CT molecular complexity index is 116. The Morgan fingerprint density at radius 2 is 2.12 bits per heavy atom. The van der Waals surface area contributed by atoms with Crippen molar-refractivity contribution in [2.75, 3.05) is 5.88 Å². The van der Waals surface area contributed by atoms with Crippen LogP contribution in [-0.2, 0) is 10.7 Å². The molecule has 0 saturated heterocycles. The van der Waals surface area contributed by atoms with Crippen molar-refractivity contribution in [2.45, 2.75) is 11.8 Å². The lowest BCUT2D eigenvalue weighted by atomic mass is 10.5. The second-order valence-corrected chi connectivity index (χ2v) is 2.94. The van der Waals surface area contributed by atoms with E-state index >= 15 is 0 Å². The zero-order chi connectivity index (χ0) is 6.57. The van der Waals surface area contributed by atoms with Gasteiger partial charge in [0.2, 0.25) is 0 Å². The fourth-order valence-corrected chi connectivity index (χ4v) is 0.944. The third-order valence-electron chi connectivity index (χ3n) is 0.676. The van der Waals surface area contributed by atoms with E-state index in [1.54, 1.807) is 0 Å². The summed E-state index contributed by atoms with van der Waals surface area (Å²) in [4.78, 5) is 0. The van der Waals surface area contributed by atoms with Gasteiger partial charge in [-0.3, -0.25) is 0 Å². The normalized spacial score (nSPS) is 14.4. The average molecular weight is 158 g/mol. The van der Waals surface area contributed by atoms with Crippen molar-refractivity contribution in [2.24, 2.45) is 5.73 Å². The number of hydrogen-bond donors (Lipinski definition) is 2. The molecule has 0 aromatic rings. The summed E-state index contributed by atoms with van der Waals surface area (Å²) in [5.41, 5.74) is 5.05. The summed E-state index contributed by atoms with van der Waals surface area (Å²) in [5.74, 6) is 0.296. The van der Waals surface area contributed by atoms with E-state index in [4.69, 9.17) is 17.3 Å². The fraction of sp³-hybridized carbons (Fsp3) is 1.00. The molecule has 0 aliphatic carbocycles. The van der Waals surface area contributed by atoms with Crippen molar-refractivity contribution in [3.63, 3.8) is 0 Å². The molecule has 0 radical (unpaired) electrons. The Kier molecular flexibility index (Phi) is 4.22. The van der Waals surface area contributed by atoms with Crippen molar-refractivity contribution in [1.29, 1.82) is 0 Å². The number of hydrogen-bond acceptors (Lipinski definition) is 3. The summed E-state index contributed by atoms with van der Waals surface area (Å²) in [6.07, 6.45) is 0.334. The number of alkyl halides is 1. The van der Waals surface area contributed by atoms with Crippen molar-refractivity contribution in [3.8, 4) is 0 Å². The van der Waals surface area contributed by atoms with Crippen LogP contribution in [0.4, 0.5) is 0 Å². The van der Waals surface area contributed by atoms with Gasteiger partial charge in [-0.25, -0.2) is 8.42 Å². The highest BCUT2D eigenvalue weighted by Crippen LogP contribution is 1.89. The van der Waals surface area contributed by atoms with Gasteiger partial charge < -0.3 is 5.73 Å². The van der Waals surface area contributed by atoms with Crippen molar-refractivity contribution in [1.82, 2.24) is 0 Å². The van der Waals surface area contributed by atoms with Crippen LogP contribution >= 0.6 is 11.6 Å². The van der Waals surface area contributed by atoms with Crippen LogP contribution in [0.25, 0.3) is 0 Å². The molecule has 0 saturated carbocycles. The maximum Gasteiger partial charge on any atom is 0.155 e. The highest BCUT2D eigenvalue weighted by Gasteiger charge is 2.00. The van der Waals surface area contributed by atoms with E-state index in [-0.39, 0.29) is 0 Å². The monoisotopic (exact) mass is 157 g/mol. The van der Waals surface area contributed by atoms with Gasteiger partial charge in [-0.05, 0) is 6.42 Å². The van der Waals surface area contributed by atoms with Crippen LogP contribution in [0.1, 0.15) is 6.42 Å². The summed E-state index contributed by atoms with van der Waals surface area (Å²) in [7, 11) is -2.47. The molecule has 0 fully saturated rings. The first-order valence-corrected chi connectivity index (χ1v) is 3.91. The predicted octanol–water partition coefficient (Wildman–Crippen LogP) is -0.489. The lowest BCUT2D eigenvalue weighted by molar-refractivity contribution is 0.598. The number of halogens is 1. The topological polar surface area (TPSA) is 60.2 Å². The molecule has 0 spiro atoms. The minimum Gasteiger partial charge on any atom is -0.315 e. The van der Waals surface area contributed by atoms with Gasteiger partial charge in [-0.15, -0.1) is 11.6 Å². The van der Waals surface area contributed by atoms with Crippen LogP contribution < -0.4 is 5.73 Å². The zero-order valence-corrected chi connectivity index (χ0v) is 5.86. The Hall–Kier alpha value is 0.200. The highest BCUT2D eigenvalue weighted by molar-refractivity contribution is 7.73. The molecule has 0 amide bonds. The Labute approximate surface area is 54.8 Å². The lowest BCUT2D eigenvalue weighted by Gasteiger charge is -1.96. The molecule has 0 bridgehead atoms. The van der Waals surface area contributed by atoms with Gasteiger partial charge >= 0.3 is 0 Å². The van der Waals surface area contributed by atoms with E-state index in [9.17, 15) is 8.42 Å².